The van der Waals surface area contributed by atoms with Crippen molar-refractivity contribution in [1.82, 2.24) is 9.80 Å². The van der Waals surface area contributed by atoms with E-state index in [4.69, 9.17) is 9.47 Å². The second-order valence-corrected chi connectivity index (χ2v) is 11.0. The fourth-order valence-corrected chi connectivity index (χ4v) is 4.96. The van der Waals surface area contributed by atoms with E-state index >= 15 is 0 Å². The lowest BCUT2D eigenvalue weighted by molar-refractivity contribution is -0.134. The molecule has 0 radical (unpaired) electrons. The first-order valence-electron chi connectivity index (χ1n) is 14.4. The fourth-order valence-electron chi connectivity index (χ4n) is 4.96. The highest BCUT2D eigenvalue weighted by molar-refractivity contribution is 5.93. The van der Waals surface area contributed by atoms with Crippen LogP contribution in [-0.4, -0.2) is 78.8 Å². The summed E-state index contributed by atoms with van der Waals surface area (Å²) in [5, 5.41) is 15.7. The molecule has 228 valence electrons. The Hall–Kier alpha value is -4.57. The minimum absolute atomic E-state index is 0.0370. The van der Waals surface area contributed by atoms with Gasteiger partial charge in [-0.3, -0.25) is 9.59 Å². The van der Waals surface area contributed by atoms with Gasteiger partial charge in [-0.25, -0.2) is 4.79 Å². The molecule has 10 heteroatoms. The highest BCUT2D eigenvalue weighted by Crippen LogP contribution is 2.29. The number of benzene rings is 3. The van der Waals surface area contributed by atoms with Gasteiger partial charge in [0.15, 0.2) is 0 Å². The van der Waals surface area contributed by atoms with E-state index in [1.807, 2.05) is 37.3 Å². The Balaban J connectivity index is 1.54. The van der Waals surface area contributed by atoms with Crippen molar-refractivity contribution in [3.8, 4) is 11.5 Å². The first-order chi connectivity index (χ1) is 20.7. The molecule has 1 heterocycles. The van der Waals surface area contributed by atoms with E-state index in [1.165, 1.54) is 0 Å². The summed E-state index contributed by atoms with van der Waals surface area (Å²) in [6.07, 6.45) is -0.210. The topological polar surface area (TPSA) is 120 Å². The predicted octanol–water partition coefficient (Wildman–Crippen LogP) is 4.19. The Labute approximate surface area is 252 Å². The SMILES string of the molecule is COc1ccc(NC(=O)N(C)C[C@@H]2Oc3ccc(NC(=O)Cc4ccccc4)cc3CC(=O)N([C@H](C)CO)C[C@@H]2C)cc1. The number of amides is 4. The second kappa shape index (κ2) is 14.6. The Kier molecular flexibility index (Phi) is 10.6. The number of aliphatic hydroxyl groups is 1. The Bertz CT molecular complexity index is 1400. The Morgan fingerprint density at radius 1 is 1.07 bits per heavy atom. The van der Waals surface area contributed by atoms with Crippen molar-refractivity contribution in [3.05, 3.63) is 83.9 Å². The molecule has 0 saturated heterocycles. The van der Waals surface area contributed by atoms with Crippen LogP contribution >= 0.6 is 0 Å². The number of methoxy groups -OCH3 is 1. The van der Waals surface area contributed by atoms with Crippen molar-refractivity contribution >= 4 is 29.2 Å². The third-order valence-electron chi connectivity index (χ3n) is 7.55. The van der Waals surface area contributed by atoms with E-state index in [-0.39, 0.29) is 49.8 Å². The van der Waals surface area contributed by atoms with Crippen LogP contribution in [0, 0.1) is 5.92 Å². The number of likely N-dealkylation sites (N-methyl/N-ethyl adjacent to an activating group) is 1. The zero-order valence-electron chi connectivity index (χ0n) is 25.1. The third kappa shape index (κ3) is 8.48. The summed E-state index contributed by atoms with van der Waals surface area (Å²) >= 11 is 0. The number of nitrogens with zero attached hydrogens (tertiary/aromatic N) is 2. The van der Waals surface area contributed by atoms with E-state index in [0.29, 0.717) is 35.0 Å². The number of hydrogen-bond donors (Lipinski definition) is 3. The van der Waals surface area contributed by atoms with Crippen molar-refractivity contribution in [2.75, 3.05) is 44.5 Å². The lowest BCUT2D eigenvalue weighted by atomic mass is 10.0. The molecule has 0 spiro atoms. The predicted molar refractivity (Wildman–Crippen MR) is 165 cm³/mol. The highest BCUT2D eigenvalue weighted by atomic mass is 16.5. The molecule has 1 aliphatic rings. The van der Waals surface area contributed by atoms with Crippen LogP contribution in [0.25, 0.3) is 0 Å². The molecule has 3 aromatic rings. The van der Waals surface area contributed by atoms with Crippen molar-refractivity contribution in [2.45, 2.75) is 38.8 Å². The highest BCUT2D eigenvalue weighted by Gasteiger charge is 2.32. The molecule has 0 saturated carbocycles. The first-order valence-corrected chi connectivity index (χ1v) is 14.4. The number of rotatable bonds is 9. The van der Waals surface area contributed by atoms with Gasteiger partial charge in [0.25, 0.3) is 0 Å². The maximum Gasteiger partial charge on any atom is 0.321 e. The molecule has 0 fully saturated rings. The lowest BCUT2D eigenvalue weighted by Crippen LogP contribution is -2.48. The van der Waals surface area contributed by atoms with Crippen LogP contribution in [-0.2, 0) is 22.4 Å². The molecule has 10 nitrogen and oxygen atoms in total. The molecule has 3 aromatic carbocycles. The van der Waals surface area contributed by atoms with Crippen LogP contribution < -0.4 is 20.1 Å². The zero-order valence-corrected chi connectivity index (χ0v) is 25.1. The number of ether oxygens (including phenoxy) is 2. The number of aliphatic hydroxyl groups excluding tert-OH is 1. The standard InChI is InChI=1S/C33H40N4O6/c1-22-19-37(23(2)21-38)32(40)18-25-17-27(34-31(39)16-24-8-6-5-7-9-24)12-15-29(25)43-30(22)20-36(3)33(41)35-26-10-13-28(42-4)14-11-26/h5-15,17,22-23,30,38H,16,18-21H2,1-4H3,(H,34,39)(H,35,41)/t22-,23+,30-/m0/s1. The molecule has 4 rings (SSSR count). The number of fused-ring (bicyclic) bond motifs is 1. The van der Waals surface area contributed by atoms with Crippen molar-refractivity contribution in [3.63, 3.8) is 0 Å². The summed E-state index contributed by atoms with van der Waals surface area (Å²) in [6.45, 7) is 4.17. The molecular weight excluding hydrogens is 548 g/mol. The number of nitrogens with one attached hydrogen (secondary N) is 2. The van der Waals surface area contributed by atoms with Gasteiger partial charge in [-0.05, 0) is 55.0 Å². The van der Waals surface area contributed by atoms with Crippen molar-refractivity contribution in [2.24, 2.45) is 5.92 Å². The number of carbonyl (C=O) groups is 3. The lowest BCUT2D eigenvalue weighted by Gasteiger charge is -2.34. The van der Waals surface area contributed by atoms with Gasteiger partial charge in [0.2, 0.25) is 11.8 Å². The van der Waals surface area contributed by atoms with Crippen LogP contribution in [0.5, 0.6) is 11.5 Å². The summed E-state index contributed by atoms with van der Waals surface area (Å²) in [5.74, 6) is 0.692. The zero-order chi connectivity index (χ0) is 30.9. The maximum atomic E-state index is 13.5. The van der Waals surface area contributed by atoms with E-state index in [9.17, 15) is 19.5 Å². The maximum absolute atomic E-state index is 13.5. The van der Waals surface area contributed by atoms with Gasteiger partial charge in [0, 0.05) is 36.4 Å². The third-order valence-corrected chi connectivity index (χ3v) is 7.55. The van der Waals surface area contributed by atoms with Crippen LogP contribution in [0.2, 0.25) is 0 Å². The monoisotopic (exact) mass is 588 g/mol. The van der Waals surface area contributed by atoms with Gasteiger partial charge >= 0.3 is 6.03 Å². The summed E-state index contributed by atoms with van der Waals surface area (Å²) in [7, 11) is 3.27. The molecular formula is C33H40N4O6. The van der Waals surface area contributed by atoms with Crippen LogP contribution in [0.15, 0.2) is 72.8 Å². The fraction of sp³-hybridized carbons (Fsp3) is 0.364. The minimum atomic E-state index is -0.469. The van der Waals surface area contributed by atoms with Gasteiger partial charge in [-0.2, -0.15) is 0 Å². The Morgan fingerprint density at radius 2 is 1.77 bits per heavy atom. The summed E-state index contributed by atoms with van der Waals surface area (Å²) < 4.78 is 11.7. The summed E-state index contributed by atoms with van der Waals surface area (Å²) in [5.41, 5.74) is 2.69. The molecule has 0 aliphatic carbocycles. The first kappa shape index (κ1) is 31.4. The molecule has 43 heavy (non-hydrogen) atoms. The molecule has 3 N–H and O–H groups in total. The normalized spacial score (nSPS) is 17.3. The van der Waals surface area contributed by atoms with Gasteiger partial charge in [0.1, 0.15) is 17.6 Å². The largest absolute Gasteiger partial charge is 0.497 e. The van der Waals surface area contributed by atoms with Crippen LogP contribution in [0.3, 0.4) is 0 Å². The molecule has 0 aromatic heterocycles. The van der Waals surface area contributed by atoms with E-state index in [0.717, 1.165) is 5.56 Å². The smallest absolute Gasteiger partial charge is 0.321 e. The van der Waals surface area contributed by atoms with Crippen LogP contribution in [0.1, 0.15) is 25.0 Å². The second-order valence-electron chi connectivity index (χ2n) is 11.0. The quantitative estimate of drug-likeness (QED) is 0.345. The van der Waals surface area contributed by atoms with E-state index in [2.05, 4.69) is 10.6 Å². The number of hydrogen-bond acceptors (Lipinski definition) is 6. The molecule has 4 amide bonds. The van der Waals surface area contributed by atoms with Gasteiger partial charge < -0.3 is 35.0 Å². The average Bonchev–Trinajstić information content (AvgIpc) is 3.04. The summed E-state index contributed by atoms with van der Waals surface area (Å²) in [6, 6.07) is 21.1. The molecule has 3 atom stereocenters. The minimum Gasteiger partial charge on any atom is -0.497 e. The molecule has 0 bridgehead atoms. The van der Waals surface area contributed by atoms with Gasteiger partial charge in [-0.15, -0.1) is 0 Å². The van der Waals surface area contributed by atoms with Gasteiger partial charge in [0.05, 0.1) is 39.1 Å². The van der Waals surface area contributed by atoms with Crippen molar-refractivity contribution < 1.29 is 29.0 Å². The molecule has 1 aliphatic heterocycles. The van der Waals surface area contributed by atoms with Gasteiger partial charge in [-0.1, -0.05) is 37.3 Å². The number of anilines is 2. The van der Waals surface area contributed by atoms with Crippen molar-refractivity contribution in [1.29, 1.82) is 0 Å². The Morgan fingerprint density at radius 3 is 2.44 bits per heavy atom. The van der Waals surface area contributed by atoms with E-state index < -0.39 is 12.1 Å². The number of urea groups is 1. The molecule has 0 unspecified atom stereocenters. The average molecular weight is 589 g/mol. The summed E-state index contributed by atoms with van der Waals surface area (Å²) in [4.78, 5) is 42.5. The van der Waals surface area contributed by atoms with Crippen LogP contribution in [0.4, 0.5) is 16.2 Å². The number of carbonyl (C=O) groups excluding carboxylic acids is 3. The van der Waals surface area contributed by atoms with E-state index in [1.54, 1.807) is 73.3 Å².